The van der Waals surface area contributed by atoms with Gasteiger partial charge in [-0.1, -0.05) is 25.4 Å². The molecule has 27 heavy (non-hydrogen) atoms. The molecule has 0 unspecified atom stereocenters. The highest BCUT2D eigenvalue weighted by Gasteiger charge is 2.40. The van der Waals surface area contributed by atoms with Crippen molar-refractivity contribution in [2.75, 3.05) is 16.8 Å². The van der Waals surface area contributed by atoms with Crippen LogP contribution >= 0.6 is 22.9 Å². The molecular formula is C19H22ClN3O3S. The minimum absolute atomic E-state index is 0.143. The maximum Gasteiger partial charge on any atom is 0.270 e. The summed E-state index contributed by atoms with van der Waals surface area (Å²) in [4.78, 5) is 31.1. The highest BCUT2D eigenvalue weighted by atomic mass is 35.5. The summed E-state index contributed by atoms with van der Waals surface area (Å²) < 4.78 is 5.79. The smallest absolute Gasteiger partial charge is 0.270 e. The van der Waals surface area contributed by atoms with Gasteiger partial charge in [-0.3, -0.25) is 9.59 Å². The van der Waals surface area contributed by atoms with Crippen molar-refractivity contribution in [1.82, 2.24) is 4.98 Å². The second-order valence-electron chi connectivity index (χ2n) is 7.21. The molecule has 1 aliphatic rings. The summed E-state index contributed by atoms with van der Waals surface area (Å²) in [6.07, 6.45) is 0.143. The minimum Gasteiger partial charge on any atom is -0.476 e. The van der Waals surface area contributed by atoms with Gasteiger partial charge < -0.3 is 15.0 Å². The number of anilines is 2. The van der Waals surface area contributed by atoms with E-state index >= 15 is 0 Å². The van der Waals surface area contributed by atoms with Gasteiger partial charge in [-0.15, -0.1) is 11.3 Å². The summed E-state index contributed by atoms with van der Waals surface area (Å²) in [5.74, 6) is 0.481. The molecule has 144 valence electrons. The molecule has 0 spiro atoms. The topological polar surface area (TPSA) is 71.5 Å². The Morgan fingerprint density at radius 2 is 2.15 bits per heavy atom. The summed E-state index contributed by atoms with van der Waals surface area (Å²) in [5.41, 5.74) is 0.527. The SMILES string of the molecule is CC(C)c1csc(NC(=O)CCN2C(=O)C(C)(C)Oc3ccc(Cl)cc32)n1. The average Bonchev–Trinajstić information content (AvgIpc) is 3.04. The highest BCUT2D eigenvalue weighted by Crippen LogP contribution is 2.39. The molecule has 0 aliphatic carbocycles. The van der Waals surface area contributed by atoms with E-state index in [9.17, 15) is 9.59 Å². The Kier molecular flexibility index (Phi) is 5.44. The van der Waals surface area contributed by atoms with E-state index in [0.717, 1.165) is 5.69 Å². The van der Waals surface area contributed by atoms with Gasteiger partial charge in [0.1, 0.15) is 5.75 Å². The number of ether oxygens (including phenoxy) is 1. The number of amides is 2. The molecule has 6 nitrogen and oxygen atoms in total. The summed E-state index contributed by atoms with van der Waals surface area (Å²) >= 11 is 7.48. The summed E-state index contributed by atoms with van der Waals surface area (Å²) in [7, 11) is 0. The van der Waals surface area contributed by atoms with E-state index < -0.39 is 5.60 Å². The molecule has 1 aliphatic heterocycles. The van der Waals surface area contributed by atoms with Crippen LogP contribution in [-0.2, 0) is 9.59 Å². The van der Waals surface area contributed by atoms with Crippen LogP contribution in [0, 0.1) is 0 Å². The van der Waals surface area contributed by atoms with Crippen molar-refractivity contribution in [2.45, 2.75) is 45.6 Å². The lowest BCUT2D eigenvalue weighted by atomic mass is 10.0. The maximum atomic E-state index is 12.8. The molecule has 1 aromatic carbocycles. The third-order valence-corrected chi connectivity index (χ3v) is 5.27. The van der Waals surface area contributed by atoms with Crippen LogP contribution in [0.25, 0.3) is 0 Å². The van der Waals surface area contributed by atoms with Crippen LogP contribution < -0.4 is 15.0 Å². The Bertz CT molecular complexity index is 879. The Hall–Kier alpha value is -2.12. The average molecular weight is 408 g/mol. The standard InChI is InChI=1S/C19H22ClN3O3S/c1-11(2)13-10-27-18(21-13)22-16(24)7-8-23-14-9-12(20)5-6-15(14)26-19(3,4)17(23)25/h5-6,9-11H,7-8H2,1-4H3,(H,21,22,24). The lowest BCUT2D eigenvalue weighted by molar-refractivity contribution is -0.132. The second kappa shape index (κ2) is 7.48. The number of carbonyl (C=O) groups is 2. The maximum absolute atomic E-state index is 12.8. The number of benzene rings is 1. The Labute approximate surface area is 167 Å². The first kappa shape index (κ1) is 19.6. The number of carbonyl (C=O) groups excluding carboxylic acids is 2. The van der Waals surface area contributed by atoms with Gasteiger partial charge in [-0.05, 0) is 38.0 Å². The largest absolute Gasteiger partial charge is 0.476 e. The van der Waals surface area contributed by atoms with E-state index in [4.69, 9.17) is 16.3 Å². The summed E-state index contributed by atoms with van der Waals surface area (Å²) in [6, 6.07) is 5.13. The third-order valence-electron chi connectivity index (χ3n) is 4.26. The first-order valence-electron chi connectivity index (χ1n) is 8.73. The number of halogens is 1. The zero-order chi connectivity index (χ0) is 19.8. The molecule has 0 saturated carbocycles. The molecule has 0 bridgehead atoms. The molecule has 1 aromatic heterocycles. The van der Waals surface area contributed by atoms with Crippen LogP contribution in [0.5, 0.6) is 5.75 Å². The molecular weight excluding hydrogens is 386 g/mol. The minimum atomic E-state index is -1.00. The lowest BCUT2D eigenvalue weighted by Crippen LogP contribution is -2.53. The molecule has 1 N–H and O–H groups in total. The number of nitrogens with one attached hydrogen (secondary N) is 1. The van der Waals surface area contributed by atoms with Crippen molar-refractivity contribution >= 4 is 45.6 Å². The quantitative estimate of drug-likeness (QED) is 0.794. The number of aromatic nitrogens is 1. The fraction of sp³-hybridized carbons (Fsp3) is 0.421. The van der Waals surface area contributed by atoms with Crippen molar-refractivity contribution < 1.29 is 14.3 Å². The van der Waals surface area contributed by atoms with Crippen LogP contribution in [0.3, 0.4) is 0 Å². The molecule has 3 rings (SSSR count). The zero-order valence-corrected chi connectivity index (χ0v) is 17.3. The van der Waals surface area contributed by atoms with E-state index in [1.807, 2.05) is 5.38 Å². The van der Waals surface area contributed by atoms with Gasteiger partial charge in [0.25, 0.3) is 5.91 Å². The van der Waals surface area contributed by atoms with E-state index in [-0.39, 0.29) is 24.8 Å². The summed E-state index contributed by atoms with van der Waals surface area (Å²) in [5, 5.41) is 5.81. The molecule has 2 heterocycles. The normalized spacial score (nSPS) is 15.5. The number of thiazole rings is 1. The van der Waals surface area contributed by atoms with Crippen LogP contribution in [-0.4, -0.2) is 28.9 Å². The van der Waals surface area contributed by atoms with Crippen molar-refractivity contribution in [2.24, 2.45) is 0 Å². The van der Waals surface area contributed by atoms with Gasteiger partial charge in [0.2, 0.25) is 5.91 Å². The third kappa shape index (κ3) is 4.25. The zero-order valence-electron chi connectivity index (χ0n) is 15.7. The van der Waals surface area contributed by atoms with Gasteiger partial charge in [-0.25, -0.2) is 4.98 Å². The van der Waals surface area contributed by atoms with Crippen molar-refractivity contribution in [3.05, 3.63) is 34.3 Å². The van der Waals surface area contributed by atoms with E-state index in [1.54, 1.807) is 36.9 Å². The molecule has 2 amide bonds. The van der Waals surface area contributed by atoms with Crippen molar-refractivity contribution in [3.63, 3.8) is 0 Å². The monoisotopic (exact) mass is 407 g/mol. The second-order valence-corrected chi connectivity index (χ2v) is 8.51. The number of nitrogens with zero attached hydrogens (tertiary/aromatic N) is 2. The van der Waals surface area contributed by atoms with E-state index in [1.165, 1.54) is 11.3 Å². The predicted octanol–water partition coefficient (Wildman–Crippen LogP) is 4.45. The highest BCUT2D eigenvalue weighted by molar-refractivity contribution is 7.13. The van der Waals surface area contributed by atoms with Gasteiger partial charge in [0.05, 0.1) is 11.4 Å². The number of hydrogen-bond donors (Lipinski definition) is 1. The van der Waals surface area contributed by atoms with Crippen LogP contribution in [0.1, 0.15) is 45.7 Å². The van der Waals surface area contributed by atoms with Crippen LogP contribution in [0.15, 0.2) is 23.6 Å². The lowest BCUT2D eigenvalue weighted by Gasteiger charge is -2.38. The number of fused-ring (bicyclic) bond motifs is 1. The van der Waals surface area contributed by atoms with Crippen LogP contribution in [0.2, 0.25) is 5.02 Å². The molecule has 2 aromatic rings. The van der Waals surface area contributed by atoms with Gasteiger partial charge in [0.15, 0.2) is 10.7 Å². The molecule has 0 saturated heterocycles. The van der Waals surface area contributed by atoms with Crippen molar-refractivity contribution in [3.8, 4) is 5.75 Å². The Balaban J connectivity index is 1.71. The van der Waals surface area contributed by atoms with Crippen LogP contribution in [0.4, 0.5) is 10.8 Å². The predicted molar refractivity (Wildman–Crippen MR) is 108 cm³/mol. The summed E-state index contributed by atoms with van der Waals surface area (Å²) in [6.45, 7) is 7.75. The fourth-order valence-corrected chi connectivity index (χ4v) is 3.82. The number of rotatable bonds is 5. The Morgan fingerprint density at radius 3 is 2.81 bits per heavy atom. The molecule has 0 atom stereocenters. The number of hydrogen-bond acceptors (Lipinski definition) is 5. The molecule has 0 fully saturated rings. The molecule has 0 radical (unpaired) electrons. The fourth-order valence-electron chi connectivity index (χ4n) is 2.77. The molecule has 8 heteroatoms. The van der Waals surface area contributed by atoms with Gasteiger partial charge in [-0.2, -0.15) is 0 Å². The first-order valence-corrected chi connectivity index (χ1v) is 9.99. The first-order chi connectivity index (χ1) is 12.7. The van der Waals surface area contributed by atoms with E-state index in [2.05, 4.69) is 24.1 Å². The van der Waals surface area contributed by atoms with Crippen molar-refractivity contribution in [1.29, 1.82) is 0 Å². The van der Waals surface area contributed by atoms with E-state index in [0.29, 0.717) is 27.5 Å². The van der Waals surface area contributed by atoms with Gasteiger partial charge >= 0.3 is 0 Å². The van der Waals surface area contributed by atoms with Gasteiger partial charge in [0, 0.05) is 23.4 Å². The Morgan fingerprint density at radius 1 is 1.41 bits per heavy atom.